The molecular formula is C32H22BrN3O3. The summed E-state index contributed by atoms with van der Waals surface area (Å²) in [6.45, 7) is 0. The first kappa shape index (κ1) is 23.7. The molecule has 3 aliphatic heterocycles. The number of rotatable bonds is 4. The summed E-state index contributed by atoms with van der Waals surface area (Å²) in [6, 6.07) is 24.2. The second-order valence-electron chi connectivity index (χ2n) is 10.0. The predicted molar refractivity (Wildman–Crippen MR) is 153 cm³/mol. The van der Waals surface area contributed by atoms with Gasteiger partial charge in [-0.2, -0.15) is 0 Å². The molecular weight excluding hydrogens is 554 g/mol. The van der Waals surface area contributed by atoms with Gasteiger partial charge in [-0.25, -0.2) is 0 Å². The molecule has 6 nitrogen and oxygen atoms in total. The highest BCUT2D eigenvalue weighted by Gasteiger charge is 2.70. The molecule has 1 fully saturated rings. The lowest BCUT2D eigenvalue weighted by Gasteiger charge is -2.37. The van der Waals surface area contributed by atoms with Gasteiger partial charge in [-0.3, -0.25) is 19.4 Å². The van der Waals surface area contributed by atoms with Gasteiger partial charge in [0.25, 0.3) is 0 Å². The Balaban J connectivity index is 1.54. The minimum atomic E-state index is -1.32. The summed E-state index contributed by atoms with van der Waals surface area (Å²) in [4.78, 5) is 49.5. The van der Waals surface area contributed by atoms with Crippen LogP contribution in [0.15, 0.2) is 108 Å². The van der Waals surface area contributed by atoms with Gasteiger partial charge >= 0.3 is 0 Å². The predicted octanol–water partition coefficient (Wildman–Crippen LogP) is 5.70. The van der Waals surface area contributed by atoms with Crippen LogP contribution in [0.1, 0.15) is 31.8 Å². The Kier molecular flexibility index (Phi) is 5.39. The number of para-hydroxylation sites is 2. The minimum absolute atomic E-state index is 0.225. The molecule has 1 aromatic heterocycles. The molecule has 4 aromatic rings. The molecule has 1 spiro atoms. The zero-order chi connectivity index (χ0) is 26.7. The number of hydrogen-bond donors (Lipinski definition) is 1. The van der Waals surface area contributed by atoms with Crippen molar-refractivity contribution in [3.05, 3.63) is 130 Å². The first-order chi connectivity index (χ1) is 19.0. The van der Waals surface area contributed by atoms with Crippen LogP contribution in [0.3, 0.4) is 0 Å². The monoisotopic (exact) mass is 575 g/mol. The molecule has 4 atom stereocenters. The Labute approximate surface area is 233 Å². The van der Waals surface area contributed by atoms with Crippen molar-refractivity contribution in [2.45, 2.75) is 17.5 Å². The number of carbonyl (C=O) groups excluding carboxylic acids is 3. The van der Waals surface area contributed by atoms with Crippen LogP contribution in [0.25, 0.3) is 6.08 Å². The Morgan fingerprint density at radius 1 is 0.846 bits per heavy atom. The van der Waals surface area contributed by atoms with Crippen molar-refractivity contribution in [2.24, 2.45) is 5.92 Å². The lowest BCUT2D eigenvalue weighted by Crippen LogP contribution is -2.51. The maximum Gasteiger partial charge on any atom is 0.238 e. The molecule has 0 aliphatic carbocycles. The molecule has 0 unspecified atom stereocenters. The molecule has 4 heterocycles. The van der Waals surface area contributed by atoms with Crippen molar-refractivity contribution < 1.29 is 14.4 Å². The van der Waals surface area contributed by atoms with Crippen LogP contribution in [-0.2, 0) is 10.2 Å². The van der Waals surface area contributed by atoms with Crippen molar-refractivity contribution >= 4 is 50.9 Å². The fourth-order valence-electron chi connectivity index (χ4n) is 6.60. The minimum Gasteiger partial charge on any atom is -0.352 e. The van der Waals surface area contributed by atoms with Gasteiger partial charge in [0.05, 0.1) is 12.0 Å². The van der Waals surface area contributed by atoms with Gasteiger partial charge in [0.15, 0.2) is 11.6 Å². The SMILES string of the molecule is O=C(c1ccncc1)[C@@H]1[C@H](C(=O)c2ccc(Br)cc2)[C@@]2(C(=O)Nc3ccccc32)[C@H]2C=Cc3ccccc3N12. The van der Waals surface area contributed by atoms with Gasteiger partial charge in [-0.15, -0.1) is 0 Å². The van der Waals surface area contributed by atoms with E-state index in [4.69, 9.17) is 0 Å². The third-order valence-corrected chi connectivity index (χ3v) is 8.72. The number of anilines is 2. The van der Waals surface area contributed by atoms with Crippen molar-refractivity contribution in [1.82, 2.24) is 4.98 Å². The van der Waals surface area contributed by atoms with Crippen molar-refractivity contribution in [3.8, 4) is 0 Å². The highest BCUT2D eigenvalue weighted by Crippen LogP contribution is 2.58. The molecule has 0 bridgehead atoms. The van der Waals surface area contributed by atoms with E-state index in [9.17, 15) is 14.4 Å². The molecule has 1 amide bonds. The molecule has 0 saturated carbocycles. The number of Topliss-reactive ketones (excluding diaryl/α,β-unsaturated/α-hetero) is 2. The quantitative estimate of drug-likeness (QED) is 0.316. The molecule has 0 radical (unpaired) electrons. The maximum atomic E-state index is 14.7. The smallest absolute Gasteiger partial charge is 0.238 e. The van der Waals surface area contributed by atoms with E-state index in [-0.39, 0.29) is 17.5 Å². The number of carbonyl (C=O) groups is 3. The topological polar surface area (TPSA) is 79.4 Å². The maximum absolute atomic E-state index is 14.7. The average molecular weight is 576 g/mol. The van der Waals surface area contributed by atoms with Crippen LogP contribution < -0.4 is 10.2 Å². The van der Waals surface area contributed by atoms with Crippen LogP contribution in [0.4, 0.5) is 11.4 Å². The number of nitrogens with one attached hydrogen (secondary N) is 1. The van der Waals surface area contributed by atoms with Gasteiger partial charge in [0.2, 0.25) is 5.91 Å². The van der Waals surface area contributed by atoms with E-state index in [0.29, 0.717) is 16.8 Å². The summed E-state index contributed by atoms with van der Waals surface area (Å²) in [5.74, 6) is -1.74. The van der Waals surface area contributed by atoms with E-state index in [1.165, 1.54) is 0 Å². The number of fused-ring (bicyclic) bond motifs is 6. The Bertz CT molecular complexity index is 1680. The first-order valence-electron chi connectivity index (χ1n) is 12.7. The van der Waals surface area contributed by atoms with E-state index < -0.39 is 23.4 Å². The fourth-order valence-corrected chi connectivity index (χ4v) is 6.86. The van der Waals surface area contributed by atoms with Gasteiger partial charge < -0.3 is 10.2 Å². The molecule has 1 N–H and O–H groups in total. The summed E-state index contributed by atoms with van der Waals surface area (Å²) < 4.78 is 0.836. The first-order valence-corrected chi connectivity index (χ1v) is 13.5. The van der Waals surface area contributed by atoms with Crippen molar-refractivity contribution in [3.63, 3.8) is 0 Å². The number of nitrogens with zero attached hydrogens (tertiary/aromatic N) is 2. The van der Waals surface area contributed by atoms with E-state index in [1.54, 1.807) is 48.8 Å². The third-order valence-electron chi connectivity index (χ3n) is 8.19. The highest BCUT2D eigenvalue weighted by atomic mass is 79.9. The van der Waals surface area contributed by atoms with Crippen molar-refractivity contribution in [2.75, 3.05) is 10.2 Å². The summed E-state index contributed by atoms with van der Waals surface area (Å²) in [5.41, 5.74) is 2.72. The number of benzene rings is 3. The zero-order valence-electron chi connectivity index (χ0n) is 20.6. The fraction of sp³-hybridized carbons (Fsp3) is 0.125. The average Bonchev–Trinajstić information content (AvgIpc) is 3.45. The van der Waals surface area contributed by atoms with Gasteiger partial charge in [0.1, 0.15) is 11.5 Å². The van der Waals surface area contributed by atoms with Crippen LogP contribution in [0.5, 0.6) is 0 Å². The van der Waals surface area contributed by atoms with Crippen molar-refractivity contribution in [1.29, 1.82) is 0 Å². The highest BCUT2D eigenvalue weighted by molar-refractivity contribution is 9.10. The van der Waals surface area contributed by atoms with Crippen LogP contribution in [-0.4, -0.2) is 34.5 Å². The number of aromatic nitrogens is 1. The number of amides is 1. The zero-order valence-corrected chi connectivity index (χ0v) is 22.2. The summed E-state index contributed by atoms with van der Waals surface area (Å²) in [7, 11) is 0. The molecule has 7 heteroatoms. The summed E-state index contributed by atoms with van der Waals surface area (Å²) in [5, 5.41) is 3.05. The standard InChI is InChI=1S/C32H22BrN3O3/c33-22-12-9-20(10-13-22)29(37)27-28(30(38)21-15-17-34-18-16-21)36-25-8-4-1-5-19(25)11-14-26(36)32(27)23-6-2-3-7-24(23)35-31(32)39/h1-18,26-28H,(H,35,39)/t26-,27-,28+,32+/m1/s1. The largest absolute Gasteiger partial charge is 0.352 e. The van der Waals surface area contributed by atoms with E-state index >= 15 is 0 Å². The van der Waals surface area contributed by atoms with Gasteiger partial charge in [-0.1, -0.05) is 76.6 Å². The number of hydrogen-bond acceptors (Lipinski definition) is 5. The second kappa shape index (κ2) is 8.85. The summed E-state index contributed by atoms with van der Waals surface area (Å²) in [6.07, 6.45) is 7.11. The van der Waals surface area contributed by atoms with Crippen LogP contribution in [0.2, 0.25) is 0 Å². The van der Waals surface area contributed by atoms with E-state index in [1.807, 2.05) is 65.6 Å². The molecule has 190 valence electrons. The molecule has 1 saturated heterocycles. The van der Waals surface area contributed by atoms with Crippen LogP contribution in [0, 0.1) is 5.92 Å². The molecule has 3 aromatic carbocycles. The summed E-state index contributed by atoms with van der Waals surface area (Å²) >= 11 is 3.45. The second-order valence-corrected chi connectivity index (χ2v) is 10.9. The van der Waals surface area contributed by atoms with Gasteiger partial charge in [-0.05, 0) is 47.5 Å². The lowest BCUT2D eigenvalue weighted by molar-refractivity contribution is -0.121. The van der Waals surface area contributed by atoms with Crippen LogP contribution >= 0.6 is 15.9 Å². The molecule has 39 heavy (non-hydrogen) atoms. The lowest BCUT2D eigenvalue weighted by atomic mass is 9.64. The Morgan fingerprint density at radius 2 is 1.54 bits per heavy atom. The van der Waals surface area contributed by atoms with Gasteiger partial charge in [0, 0.05) is 39.4 Å². The van der Waals surface area contributed by atoms with E-state index in [2.05, 4.69) is 26.2 Å². The third kappa shape index (κ3) is 3.32. The number of halogens is 1. The number of pyridine rings is 1. The van der Waals surface area contributed by atoms with E-state index in [0.717, 1.165) is 21.3 Å². The Hall–Kier alpha value is -4.36. The number of ketones is 2. The normalized spacial score (nSPS) is 24.2. The molecule has 3 aliphatic rings. The Morgan fingerprint density at radius 3 is 2.33 bits per heavy atom. The molecule has 7 rings (SSSR count).